The first-order chi connectivity index (χ1) is 13.1. The number of rotatable bonds is 1. The largest absolute Gasteiger partial charge is 0.378 e. The van der Waals surface area contributed by atoms with Gasteiger partial charge in [0.25, 0.3) is 5.91 Å². The van der Waals surface area contributed by atoms with Crippen molar-refractivity contribution in [1.82, 2.24) is 15.5 Å². The van der Waals surface area contributed by atoms with Crippen molar-refractivity contribution in [2.45, 2.75) is 30.9 Å². The van der Waals surface area contributed by atoms with E-state index < -0.39 is 0 Å². The van der Waals surface area contributed by atoms with Gasteiger partial charge in [-0.3, -0.25) is 9.59 Å². The number of carbonyl (C=O) groups excluding carboxylic acids is 2. The van der Waals surface area contributed by atoms with E-state index in [0.717, 1.165) is 43.8 Å². The number of nitrogens with zero attached hydrogens (tertiary/aromatic N) is 1. The highest BCUT2D eigenvalue weighted by molar-refractivity contribution is 7.14. The van der Waals surface area contributed by atoms with E-state index in [0.29, 0.717) is 26.3 Å². The SMILES string of the molecule is Cl.O=C1N[C@@H]2COC[C@H]1CN(C(=O)c1cc3c(s1)C1(CCNCC1)OCC3)C2. The lowest BCUT2D eigenvalue weighted by atomic mass is 9.86. The smallest absolute Gasteiger partial charge is 0.264 e. The molecule has 154 valence electrons. The van der Waals surface area contributed by atoms with Crippen LogP contribution in [0.3, 0.4) is 0 Å². The van der Waals surface area contributed by atoms with Crippen LogP contribution in [0.1, 0.15) is 33.0 Å². The second kappa shape index (κ2) is 7.91. The van der Waals surface area contributed by atoms with Crippen molar-refractivity contribution in [1.29, 1.82) is 0 Å². The summed E-state index contributed by atoms with van der Waals surface area (Å²) < 4.78 is 11.8. The predicted molar refractivity (Wildman–Crippen MR) is 107 cm³/mol. The maximum Gasteiger partial charge on any atom is 0.264 e. The molecule has 1 spiro atoms. The van der Waals surface area contributed by atoms with Crippen molar-refractivity contribution in [3.63, 3.8) is 0 Å². The Balaban J connectivity index is 0.00000192. The fourth-order valence-electron chi connectivity index (χ4n) is 4.68. The lowest BCUT2D eigenvalue weighted by molar-refractivity contribution is -0.125. The topological polar surface area (TPSA) is 79.9 Å². The molecule has 0 saturated carbocycles. The minimum atomic E-state index is -0.282. The van der Waals surface area contributed by atoms with E-state index in [9.17, 15) is 9.59 Å². The zero-order valence-electron chi connectivity index (χ0n) is 15.7. The van der Waals surface area contributed by atoms with Crippen molar-refractivity contribution < 1.29 is 19.1 Å². The lowest BCUT2D eigenvalue weighted by Crippen LogP contribution is -2.44. The molecule has 0 unspecified atom stereocenters. The Morgan fingerprint density at radius 2 is 2.07 bits per heavy atom. The quantitative estimate of drug-likeness (QED) is 0.696. The van der Waals surface area contributed by atoms with Gasteiger partial charge < -0.3 is 25.0 Å². The van der Waals surface area contributed by atoms with Crippen LogP contribution in [0, 0.1) is 5.92 Å². The van der Waals surface area contributed by atoms with E-state index in [1.807, 2.05) is 4.90 Å². The third kappa shape index (κ3) is 3.45. The number of carbonyl (C=O) groups is 2. The molecular formula is C19H26ClN3O4S. The van der Waals surface area contributed by atoms with Crippen LogP contribution in [0.2, 0.25) is 0 Å². The Kier molecular flexibility index (Phi) is 5.68. The fourth-order valence-corrected chi connectivity index (χ4v) is 6.06. The van der Waals surface area contributed by atoms with Crippen LogP contribution in [-0.4, -0.2) is 68.8 Å². The van der Waals surface area contributed by atoms with Gasteiger partial charge in [-0.2, -0.15) is 0 Å². The highest BCUT2D eigenvalue weighted by atomic mass is 35.5. The summed E-state index contributed by atoms with van der Waals surface area (Å²) in [6.07, 6.45) is 2.78. The van der Waals surface area contributed by atoms with Gasteiger partial charge in [-0.1, -0.05) is 0 Å². The van der Waals surface area contributed by atoms with Gasteiger partial charge in [-0.15, -0.1) is 23.7 Å². The standard InChI is InChI=1S/C19H25N3O4S.ClH/c23-17-13-8-22(9-14(21-17)11-25-10-13)18(24)15-7-12-1-6-26-19(16(12)27-15)2-4-20-5-3-19;/h7,13-14,20H,1-6,8-11H2,(H,21,23);1H/t13-,14+;/m1./s1. The number of ether oxygens (including phenoxy) is 2. The van der Waals surface area contributed by atoms with Crippen molar-refractivity contribution in [2.24, 2.45) is 5.92 Å². The molecular weight excluding hydrogens is 402 g/mol. The Morgan fingerprint density at radius 3 is 2.89 bits per heavy atom. The molecule has 28 heavy (non-hydrogen) atoms. The second-order valence-corrected chi connectivity index (χ2v) is 9.01. The first-order valence-corrected chi connectivity index (χ1v) is 10.6. The predicted octanol–water partition coefficient (Wildman–Crippen LogP) is 0.908. The number of fused-ring (bicyclic) bond motifs is 5. The number of amides is 2. The molecule has 0 aliphatic carbocycles. The molecule has 5 rings (SSSR count). The summed E-state index contributed by atoms with van der Waals surface area (Å²) in [5, 5.41) is 6.39. The van der Waals surface area contributed by atoms with Gasteiger partial charge in [0, 0.05) is 18.0 Å². The van der Waals surface area contributed by atoms with E-state index >= 15 is 0 Å². The van der Waals surface area contributed by atoms with E-state index in [-0.39, 0.29) is 41.8 Å². The van der Waals surface area contributed by atoms with E-state index in [4.69, 9.17) is 9.47 Å². The highest BCUT2D eigenvalue weighted by Crippen LogP contribution is 2.44. The van der Waals surface area contributed by atoms with Gasteiger partial charge in [0.1, 0.15) is 5.60 Å². The Bertz CT molecular complexity index is 764. The van der Waals surface area contributed by atoms with Gasteiger partial charge in [0.05, 0.1) is 36.7 Å². The Hall–Kier alpha value is -1.19. The summed E-state index contributed by atoms with van der Waals surface area (Å²) in [5.41, 5.74) is 1.05. The average Bonchev–Trinajstić information content (AvgIpc) is 2.94. The second-order valence-electron chi connectivity index (χ2n) is 7.96. The van der Waals surface area contributed by atoms with Crippen molar-refractivity contribution in [3.05, 3.63) is 21.4 Å². The molecule has 3 saturated heterocycles. The molecule has 3 fully saturated rings. The molecule has 2 N–H and O–H groups in total. The zero-order chi connectivity index (χ0) is 18.4. The van der Waals surface area contributed by atoms with Crippen LogP contribution in [0.25, 0.3) is 0 Å². The van der Waals surface area contributed by atoms with Gasteiger partial charge in [-0.05, 0) is 44.0 Å². The zero-order valence-corrected chi connectivity index (χ0v) is 17.3. The molecule has 0 radical (unpaired) electrons. The molecule has 1 aromatic rings. The Labute approximate surface area is 174 Å². The van der Waals surface area contributed by atoms with E-state index in [2.05, 4.69) is 16.7 Å². The number of halogens is 1. The molecule has 4 aliphatic heterocycles. The van der Waals surface area contributed by atoms with Crippen molar-refractivity contribution in [3.8, 4) is 0 Å². The molecule has 2 amide bonds. The van der Waals surface area contributed by atoms with Gasteiger partial charge in [0.2, 0.25) is 5.91 Å². The van der Waals surface area contributed by atoms with Crippen LogP contribution in [0.4, 0.5) is 0 Å². The minimum Gasteiger partial charge on any atom is -0.378 e. The molecule has 9 heteroatoms. The fraction of sp³-hybridized carbons (Fsp3) is 0.684. The molecule has 2 bridgehead atoms. The number of nitrogens with one attached hydrogen (secondary N) is 2. The van der Waals surface area contributed by atoms with Crippen LogP contribution in [0.5, 0.6) is 0 Å². The molecule has 0 aromatic carbocycles. The first kappa shape index (κ1) is 20.1. The third-order valence-electron chi connectivity index (χ3n) is 6.12. The average molecular weight is 428 g/mol. The van der Waals surface area contributed by atoms with Gasteiger partial charge in [-0.25, -0.2) is 0 Å². The molecule has 1 aromatic heterocycles. The summed E-state index contributed by atoms with van der Waals surface area (Å²) in [5.74, 6) is -0.248. The molecule has 2 atom stereocenters. The van der Waals surface area contributed by atoms with Crippen LogP contribution in [0.15, 0.2) is 6.07 Å². The van der Waals surface area contributed by atoms with Crippen LogP contribution in [-0.2, 0) is 26.3 Å². The lowest BCUT2D eigenvalue weighted by Gasteiger charge is -2.40. The highest BCUT2D eigenvalue weighted by Gasteiger charge is 2.42. The summed E-state index contributed by atoms with van der Waals surface area (Å²) >= 11 is 1.60. The minimum absolute atomic E-state index is 0. The van der Waals surface area contributed by atoms with Crippen molar-refractivity contribution in [2.75, 3.05) is 46.0 Å². The summed E-state index contributed by atoms with van der Waals surface area (Å²) in [4.78, 5) is 29.3. The number of piperidine rings is 1. The number of thiophene rings is 1. The normalized spacial score (nSPS) is 28.7. The van der Waals surface area contributed by atoms with Gasteiger partial charge in [0.15, 0.2) is 0 Å². The number of hydrogen-bond acceptors (Lipinski definition) is 6. The summed E-state index contributed by atoms with van der Waals surface area (Å²) in [6.45, 7) is 4.41. The van der Waals surface area contributed by atoms with Gasteiger partial charge >= 0.3 is 0 Å². The van der Waals surface area contributed by atoms with Crippen molar-refractivity contribution >= 4 is 35.6 Å². The van der Waals surface area contributed by atoms with Crippen LogP contribution >= 0.6 is 23.7 Å². The Morgan fingerprint density at radius 1 is 1.25 bits per heavy atom. The monoisotopic (exact) mass is 427 g/mol. The summed E-state index contributed by atoms with van der Waals surface area (Å²) in [6, 6.07) is 1.95. The molecule has 7 nitrogen and oxygen atoms in total. The molecule has 4 aliphatic rings. The number of hydrogen-bond donors (Lipinski definition) is 2. The summed E-state index contributed by atoms with van der Waals surface area (Å²) in [7, 11) is 0. The van der Waals surface area contributed by atoms with E-state index in [1.54, 1.807) is 11.3 Å². The third-order valence-corrected chi connectivity index (χ3v) is 7.47. The molecule has 5 heterocycles. The van der Waals surface area contributed by atoms with E-state index in [1.165, 1.54) is 10.4 Å². The maximum absolute atomic E-state index is 13.3. The van der Waals surface area contributed by atoms with Crippen LogP contribution < -0.4 is 10.6 Å². The maximum atomic E-state index is 13.3. The first-order valence-electron chi connectivity index (χ1n) is 9.80.